The van der Waals surface area contributed by atoms with Crippen LogP contribution < -0.4 is 4.74 Å². The molecule has 0 spiro atoms. The first kappa shape index (κ1) is 14.3. The molecule has 1 aromatic heterocycles. The van der Waals surface area contributed by atoms with Gasteiger partial charge in [-0.2, -0.15) is 9.37 Å². The second-order valence-corrected chi connectivity index (χ2v) is 4.70. The fraction of sp³-hybridized carbons (Fsp3) is 0.467. The van der Waals surface area contributed by atoms with Crippen LogP contribution >= 0.6 is 0 Å². The van der Waals surface area contributed by atoms with Crippen LogP contribution in [0.4, 0.5) is 4.39 Å². The van der Waals surface area contributed by atoms with E-state index >= 15 is 0 Å². The molecule has 0 saturated carbocycles. The molecule has 0 aromatic carbocycles. The van der Waals surface area contributed by atoms with Gasteiger partial charge in [0.2, 0.25) is 17.7 Å². The Kier molecular flexibility index (Phi) is 4.94. The summed E-state index contributed by atoms with van der Waals surface area (Å²) in [5.41, 5.74) is 0. The van der Waals surface area contributed by atoms with Crippen molar-refractivity contribution in [2.75, 3.05) is 13.1 Å². The van der Waals surface area contributed by atoms with Gasteiger partial charge in [0, 0.05) is 44.8 Å². The number of nitrogens with zero attached hydrogens (tertiary/aromatic N) is 2. The van der Waals surface area contributed by atoms with Crippen LogP contribution in [-0.4, -0.2) is 35.0 Å². The fourth-order valence-corrected chi connectivity index (χ4v) is 2.19. The number of carbonyl (C=O) groups is 1. The van der Waals surface area contributed by atoms with Crippen molar-refractivity contribution >= 4 is 5.91 Å². The van der Waals surface area contributed by atoms with Crippen LogP contribution in [0.15, 0.2) is 18.2 Å². The third kappa shape index (κ3) is 3.95. The molecule has 1 amide bonds. The highest BCUT2D eigenvalue weighted by atomic mass is 19.1. The lowest BCUT2D eigenvalue weighted by Crippen LogP contribution is -2.41. The molecule has 2 rings (SSSR count). The molecule has 0 unspecified atom stereocenters. The Morgan fingerprint density at radius 3 is 2.90 bits per heavy atom. The summed E-state index contributed by atoms with van der Waals surface area (Å²) in [6.07, 6.45) is 7.44. The van der Waals surface area contributed by atoms with Gasteiger partial charge in [-0.1, -0.05) is 6.07 Å². The molecule has 0 bridgehead atoms. The molecule has 4 nitrogen and oxygen atoms in total. The van der Waals surface area contributed by atoms with Crippen LogP contribution in [0.5, 0.6) is 5.88 Å². The number of terminal acetylenes is 1. The normalized spacial score (nSPS) is 15.7. The molecule has 0 atom stereocenters. The standard InChI is InChI=1S/C15H17FN2O2/c1-2-3-7-15(19)18-10-8-12(9-11-18)20-14-6-4-5-13(16)17-14/h1,4-6,12H,3,7-11H2. The third-order valence-electron chi connectivity index (χ3n) is 3.25. The van der Waals surface area contributed by atoms with Gasteiger partial charge in [0.25, 0.3) is 0 Å². The van der Waals surface area contributed by atoms with Gasteiger partial charge in [-0.3, -0.25) is 4.79 Å². The minimum Gasteiger partial charge on any atom is -0.474 e. The molecule has 1 aromatic rings. The highest BCUT2D eigenvalue weighted by molar-refractivity contribution is 5.76. The van der Waals surface area contributed by atoms with E-state index in [1.165, 1.54) is 6.07 Å². The summed E-state index contributed by atoms with van der Waals surface area (Å²) in [5, 5.41) is 0. The lowest BCUT2D eigenvalue weighted by Gasteiger charge is -2.31. The third-order valence-corrected chi connectivity index (χ3v) is 3.25. The van der Waals surface area contributed by atoms with Gasteiger partial charge in [0.1, 0.15) is 6.10 Å². The predicted octanol–water partition coefficient (Wildman–Crippen LogP) is 2.00. The summed E-state index contributed by atoms with van der Waals surface area (Å²) >= 11 is 0. The number of rotatable bonds is 4. The van der Waals surface area contributed by atoms with E-state index in [4.69, 9.17) is 11.2 Å². The molecule has 0 aliphatic carbocycles. The molecule has 0 N–H and O–H groups in total. The topological polar surface area (TPSA) is 42.4 Å². The largest absolute Gasteiger partial charge is 0.474 e. The Morgan fingerprint density at radius 2 is 2.25 bits per heavy atom. The summed E-state index contributed by atoms with van der Waals surface area (Å²) in [6.45, 7) is 1.28. The zero-order valence-corrected chi connectivity index (χ0v) is 11.2. The zero-order chi connectivity index (χ0) is 14.4. The maximum Gasteiger partial charge on any atom is 0.223 e. The molecular weight excluding hydrogens is 259 g/mol. The van der Waals surface area contributed by atoms with Crippen molar-refractivity contribution in [1.82, 2.24) is 9.88 Å². The number of pyridine rings is 1. The molecule has 20 heavy (non-hydrogen) atoms. The van der Waals surface area contributed by atoms with E-state index in [1.54, 1.807) is 17.0 Å². The number of carbonyl (C=O) groups excluding carboxylic acids is 1. The minimum absolute atomic E-state index is 0.0269. The van der Waals surface area contributed by atoms with Gasteiger partial charge in [-0.05, 0) is 6.07 Å². The van der Waals surface area contributed by atoms with E-state index < -0.39 is 5.95 Å². The average molecular weight is 276 g/mol. The van der Waals surface area contributed by atoms with Crippen molar-refractivity contribution in [2.24, 2.45) is 0 Å². The fourth-order valence-electron chi connectivity index (χ4n) is 2.19. The lowest BCUT2D eigenvalue weighted by molar-refractivity contribution is -0.132. The SMILES string of the molecule is C#CCCC(=O)N1CCC(Oc2cccc(F)n2)CC1. The molecule has 5 heteroatoms. The monoisotopic (exact) mass is 276 g/mol. The summed E-state index contributed by atoms with van der Waals surface area (Å²) in [6, 6.07) is 4.48. The van der Waals surface area contributed by atoms with Crippen LogP contribution in [0.25, 0.3) is 0 Å². The number of halogens is 1. The Hall–Kier alpha value is -2.09. The molecule has 1 aliphatic rings. The molecule has 1 saturated heterocycles. The molecule has 0 radical (unpaired) electrons. The van der Waals surface area contributed by atoms with Crippen LogP contribution in [-0.2, 0) is 4.79 Å². The quantitative estimate of drug-likeness (QED) is 0.624. The van der Waals surface area contributed by atoms with Gasteiger partial charge < -0.3 is 9.64 Å². The average Bonchev–Trinajstić information content (AvgIpc) is 2.45. The predicted molar refractivity (Wildman–Crippen MR) is 72.5 cm³/mol. The van der Waals surface area contributed by atoms with E-state index in [0.29, 0.717) is 31.8 Å². The summed E-state index contributed by atoms with van der Waals surface area (Å²) in [4.78, 5) is 17.3. The Bertz CT molecular complexity index is 505. The minimum atomic E-state index is -0.551. The summed E-state index contributed by atoms with van der Waals surface area (Å²) < 4.78 is 18.6. The van der Waals surface area contributed by atoms with E-state index in [2.05, 4.69) is 10.9 Å². The number of hydrogen-bond donors (Lipinski definition) is 0. The first-order valence-corrected chi connectivity index (χ1v) is 6.69. The number of ether oxygens (including phenoxy) is 1. The van der Waals surface area contributed by atoms with Crippen LogP contribution in [0.3, 0.4) is 0 Å². The van der Waals surface area contributed by atoms with Crippen molar-refractivity contribution in [2.45, 2.75) is 31.8 Å². The van der Waals surface area contributed by atoms with Crippen LogP contribution in [0.2, 0.25) is 0 Å². The van der Waals surface area contributed by atoms with Crippen molar-refractivity contribution in [3.05, 3.63) is 24.1 Å². The number of amides is 1. The number of hydrogen-bond acceptors (Lipinski definition) is 3. The number of piperidine rings is 1. The number of aromatic nitrogens is 1. The van der Waals surface area contributed by atoms with Crippen LogP contribution in [0, 0.1) is 18.3 Å². The van der Waals surface area contributed by atoms with Gasteiger partial charge >= 0.3 is 0 Å². The molecule has 106 valence electrons. The Labute approximate surface area is 117 Å². The van der Waals surface area contributed by atoms with E-state index in [-0.39, 0.29) is 12.0 Å². The number of likely N-dealkylation sites (tertiary alicyclic amines) is 1. The first-order valence-electron chi connectivity index (χ1n) is 6.69. The van der Waals surface area contributed by atoms with E-state index in [0.717, 1.165) is 12.8 Å². The Balaban J connectivity index is 1.80. The van der Waals surface area contributed by atoms with E-state index in [9.17, 15) is 9.18 Å². The molecule has 1 aliphatic heterocycles. The van der Waals surface area contributed by atoms with Crippen molar-refractivity contribution in [3.63, 3.8) is 0 Å². The molecule has 2 heterocycles. The molecule has 1 fully saturated rings. The highest BCUT2D eigenvalue weighted by Gasteiger charge is 2.23. The van der Waals surface area contributed by atoms with Gasteiger partial charge in [-0.25, -0.2) is 0 Å². The van der Waals surface area contributed by atoms with Crippen LogP contribution in [0.1, 0.15) is 25.7 Å². The maximum absolute atomic E-state index is 12.9. The van der Waals surface area contributed by atoms with Gasteiger partial charge in [0.05, 0.1) is 0 Å². The van der Waals surface area contributed by atoms with Gasteiger partial charge in [0.15, 0.2) is 0 Å². The lowest BCUT2D eigenvalue weighted by atomic mass is 10.1. The highest BCUT2D eigenvalue weighted by Crippen LogP contribution is 2.18. The summed E-state index contributed by atoms with van der Waals surface area (Å²) in [5.74, 6) is 2.30. The molecular formula is C15H17FN2O2. The van der Waals surface area contributed by atoms with Crippen molar-refractivity contribution < 1.29 is 13.9 Å². The second kappa shape index (κ2) is 6.90. The smallest absolute Gasteiger partial charge is 0.223 e. The second-order valence-electron chi connectivity index (χ2n) is 4.70. The van der Waals surface area contributed by atoms with E-state index in [1.807, 2.05) is 0 Å². The van der Waals surface area contributed by atoms with Gasteiger partial charge in [-0.15, -0.1) is 12.3 Å². The van der Waals surface area contributed by atoms with Crippen molar-refractivity contribution in [1.29, 1.82) is 0 Å². The first-order chi connectivity index (χ1) is 9.69. The maximum atomic E-state index is 12.9. The summed E-state index contributed by atoms with van der Waals surface area (Å²) in [7, 11) is 0. The Morgan fingerprint density at radius 1 is 1.50 bits per heavy atom. The van der Waals surface area contributed by atoms with Crippen molar-refractivity contribution in [3.8, 4) is 18.2 Å². The zero-order valence-electron chi connectivity index (χ0n) is 11.2.